The van der Waals surface area contributed by atoms with Gasteiger partial charge in [0.1, 0.15) is 5.75 Å². The van der Waals surface area contributed by atoms with E-state index in [1.54, 1.807) is 0 Å². The SMILES string of the molecule is CCOc1ccc(C#Cc2ccc(CC(C)NC(=O)C3CCC3)cc2)cc1. The molecule has 27 heavy (non-hydrogen) atoms. The highest BCUT2D eigenvalue weighted by Gasteiger charge is 2.25. The molecule has 0 saturated heterocycles. The van der Waals surface area contributed by atoms with E-state index < -0.39 is 0 Å². The lowest BCUT2D eigenvalue weighted by Gasteiger charge is -2.26. The first kappa shape index (κ1) is 19.0. The van der Waals surface area contributed by atoms with Crippen LogP contribution in [-0.4, -0.2) is 18.6 Å². The average Bonchev–Trinajstić information content (AvgIpc) is 2.61. The summed E-state index contributed by atoms with van der Waals surface area (Å²) in [4.78, 5) is 12.0. The highest BCUT2D eigenvalue weighted by atomic mass is 16.5. The monoisotopic (exact) mass is 361 g/mol. The molecule has 2 aromatic rings. The summed E-state index contributed by atoms with van der Waals surface area (Å²) < 4.78 is 5.44. The van der Waals surface area contributed by atoms with Crippen LogP contribution in [0.5, 0.6) is 5.75 Å². The molecule has 3 rings (SSSR count). The fraction of sp³-hybridized carbons (Fsp3) is 0.375. The molecule has 0 heterocycles. The van der Waals surface area contributed by atoms with Crippen LogP contribution in [0.25, 0.3) is 0 Å². The Morgan fingerprint density at radius 2 is 1.67 bits per heavy atom. The highest BCUT2D eigenvalue weighted by molar-refractivity contribution is 5.79. The van der Waals surface area contributed by atoms with E-state index >= 15 is 0 Å². The number of amides is 1. The van der Waals surface area contributed by atoms with E-state index in [0.717, 1.165) is 36.1 Å². The van der Waals surface area contributed by atoms with Crippen molar-refractivity contribution in [2.45, 2.75) is 45.6 Å². The first-order valence-corrected chi connectivity index (χ1v) is 9.78. The van der Waals surface area contributed by atoms with E-state index in [2.05, 4.69) is 36.2 Å². The number of hydrogen-bond donors (Lipinski definition) is 1. The maximum atomic E-state index is 12.0. The van der Waals surface area contributed by atoms with Crippen LogP contribution in [0.2, 0.25) is 0 Å². The van der Waals surface area contributed by atoms with Gasteiger partial charge in [0.05, 0.1) is 6.61 Å². The fourth-order valence-corrected chi connectivity index (χ4v) is 3.11. The summed E-state index contributed by atoms with van der Waals surface area (Å²) in [6.45, 7) is 4.71. The fourth-order valence-electron chi connectivity index (χ4n) is 3.11. The second-order valence-corrected chi connectivity index (χ2v) is 7.15. The Bertz CT molecular complexity index is 808. The number of nitrogens with one attached hydrogen (secondary N) is 1. The maximum Gasteiger partial charge on any atom is 0.223 e. The highest BCUT2D eigenvalue weighted by Crippen LogP contribution is 2.26. The lowest BCUT2D eigenvalue weighted by Crippen LogP contribution is -2.40. The number of carbonyl (C=O) groups excluding carboxylic acids is 1. The minimum absolute atomic E-state index is 0.152. The molecule has 1 amide bonds. The molecule has 140 valence electrons. The van der Waals surface area contributed by atoms with Gasteiger partial charge in [-0.3, -0.25) is 4.79 Å². The van der Waals surface area contributed by atoms with Gasteiger partial charge in [0, 0.05) is 23.1 Å². The Hall–Kier alpha value is -2.73. The molecule has 2 aromatic carbocycles. The number of hydrogen-bond acceptors (Lipinski definition) is 2. The number of carbonyl (C=O) groups is 1. The zero-order chi connectivity index (χ0) is 19.1. The molecule has 1 aliphatic carbocycles. The van der Waals surface area contributed by atoms with E-state index in [4.69, 9.17) is 4.74 Å². The molecule has 3 nitrogen and oxygen atoms in total. The van der Waals surface area contributed by atoms with Crippen LogP contribution >= 0.6 is 0 Å². The Balaban J connectivity index is 1.53. The van der Waals surface area contributed by atoms with Gasteiger partial charge in [-0.15, -0.1) is 0 Å². The van der Waals surface area contributed by atoms with Crippen molar-refractivity contribution in [3.05, 3.63) is 65.2 Å². The topological polar surface area (TPSA) is 38.3 Å². The third-order valence-electron chi connectivity index (χ3n) is 4.88. The van der Waals surface area contributed by atoms with Crippen molar-refractivity contribution in [3.63, 3.8) is 0 Å². The molecule has 0 aliphatic heterocycles. The van der Waals surface area contributed by atoms with E-state index in [-0.39, 0.29) is 17.9 Å². The van der Waals surface area contributed by atoms with Crippen LogP contribution in [0, 0.1) is 17.8 Å². The van der Waals surface area contributed by atoms with E-state index in [1.807, 2.05) is 43.3 Å². The third-order valence-corrected chi connectivity index (χ3v) is 4.88. The lowest BCUT2D eigenvalue weighted by molar-refractivity contribution is -0.127. The van der Waals surface area contributed by atoms with Gasteiger partial charge in [-0.2, -0.15) is 0 Å². The molecule has 0 spiro atoms. The molecule has 1 aliphatic rings. The summed E-state index contributed by atoms with van der Waals surface area (Å²) in [6, 6.07) is 16.2. The minimum atomic E-state index is 0.152. The molecule has 1 unspecified atom stereocenters. The zero-order valence-electron chi connectivity index (χ0n) is 16.1. The summed E-state index contributed by atoms with van der Waals surface area (Å²) in [7, 11) is 0. The van der Waals surface area contributed by atoms with Crippen molar-refractivity contribution in [3.8, 4) is 17.6 Å². The predicted octanol–water partition coefficient (Wildman–Crippen LogP) is 4.33. The largest absolute Gasteiger partial charge is 0.494 e. The van der Waals surface area contributed by atoms with Gasteiger partial charge in [0.15, 0.2) is 0 Å². The summed E-state index contributed by atoms with van der Waals surface area (Å²) in [5.41, 5.74) is 3.16. The Labute approximate surface area is 162 Å². The first-order valence-electron chi connectivity index (χ1n) is 9.78. The Morgan fingerprint density at radius 1 is 1.07 bits per heavy atom. The average molecular weight is 361 g/mol. The van der Waals surface area contributed by atoms with Gasteiger partial charge < -0.3 is 10.1 Å². The van der Waals surface area contributed by atoms with Crippen LogP contribution in [0.4, 0.5) is 0 Å². The standard InChI is InChI=1S/C24H27NO2/c1-3-27-23-15-13-20(14-16-23)8-7-19-9-11-21(12-10-19)17-18(2)25-24(26)22-5-4-6-22/h9-16,18,22H,3-6,17H2,1-2H3,(H,25,26). The molecule has 0 aromatic heterocycles. The third kappa shape index (κ3) is 5.62. The Kier molecular flexibility index (Phi) is 6.54. The van der Waals surface area contributed by atoms with Crippen molar-refractivity contribution in [2.24, 2.45) is 5.92 Å². The molecular formula is C24H27NO2. The van der Waals surface area contributed by atoms with Gasteiger partial charge in [-0.1, -0.05) is 30.4 Å². The Morgan fingerprint density at radius 3 is 2.19 bits per heavy atom. The summed E-state index contributed by atoms with van der Waals surface area (Å²) in [5, 5.41) is 3.13. The van der Waals surface area contributed by atoms with Crippen molar-refractivity contribution in [1.29, 1.82) is 0 Å². The second-order valence-electron chi connectivity index (χ2n) is 7.15. The molecule has 1 N–H and O–H groups in total. The molecule has 1 atom stereocenters. The minimum Gasteiger partial charge on any atom is -0.494 e. The number of ether oxygens (including phenoxy) is 1. The number of rotatable bonds is 6. The predicted molar refractivity (Wildman–Crippen MR) is 109 cm³/mol. The molecule has 1 saturated carbocycles. The smallest absolute Gasteiger partial charge is 0.223 e. The van der Waals surface area contributed by atoms with Gasteiger partial charge in [-0.05, 0) is 75.1 Å². The normalized spacial score (nSPS) is 14.4. The van der Waals surface area contributed by atoms with E-state index in [0.29, 0.717) is 6.61 Å². The van der Waals surface area contributed by atoms with Crippen LogP contribution in [0.3, 0.4) is 0 Å². The zero-order valence-corrected chi connectivity index (χ0v) is 16.1. The molecule has 0 bridgehead atoms. The molecule has 1 fully saturated rings. The number of benzene rings is 2. The molecule has 0 radical (unpaired) electrons. The van der Waals surface area contributed by atoms with Gasteiger partial charge >= 0.3 is 0 Å². The summed E-state index contributed by atoms with van der Waals surface area (Å²) in [5.74, 6) is 7.70. The molecular weight excluding hydrogens is 334 g/mol. The van der Waals surface area contributed by atoms with Crippen LogP contribution in [0.15, 0.2) is 48.5 Å². The van der Waals surface area contributed by atoms with Crippen LogP contribution < -0.4 is 10.1 Å². The first-order chi connectivity index (χ1) is 13.1. The van der Waals surface area contributed by atoms with Gasteiger partial charge in [-0.25, -0.2) is 0 Å². The quantitative estimate of drug-likeness (QED) is 0.778. The van der Waals surface area contributed by atoms with Crippen molar-refractivity contribution >= 4 is 5.91 Å². The van der Waals surface area contributed by atoms with Crippen LogP contribution in [-0.2, 0) is 11.2 Å². The van der Waals surface area contributed by atoms with Crippen LogP contribution in [0.1, 0.15) is 49.8 Å². The lowest BCUT2D eigenvalue weighted by atomic mass is 9.84. The summed E-state index contributed by atoms with van der Waals surface area (Å²) >= 11 is 0. The van der Waals surface area contributed by atoms with Crippen molar-refractivity contribution < 1.29 is 9.53 Å². The molecule has 3 heteroatoms. The van der Waals surface area contributed by atoms with Crippen molar-refractivity contribution in [1.82, 2.24) is 5.32 Å². The second kappa shape index (κ2) is 9.28. The van der Waals surface area contributed by atoms with Gasteiger partial charge in [0.25, 0.3) is 0 Å². The summed E-state index contributed by atoms with van der Waals surface area (Å²) in [6.07, 6.45) is 4.11. The van der Waals surface area contributed by atoms with Gasteiger partial charge in [0.2, 0.25) is 5.91 Å². The van der Waals surface area contributed by atoms with E-state index in [1.165, 1.54) is 12.0 Å². The van der Waals surface area contributed by atoms with Crippen molar-refractivity contribution in [2.75, 3.05) is 6.61 Å². The maximum absolute atomic E-state index is 12.0. The van der Waals surface area contributed by atoms with E-state index in [9.17, 15) is 4.79 Å².